The lowest BCUT2D eigenvalue weighted by atomic mass is 9.95. The number of aryl methyl sites for hydroxylation is 1. The van der Waals surface area contributed by atoms with E-state index < -0.39 is 5.97 Å². The number of rotatable bonds is 5. The highest BCUT2D eigenvalue weighted by Gasteiger charge is 2.37. The minimum Gasteiger partial charge on any atom is -0.478 e. The number of aromatic carboxylic acids is 1. The zero-order chi connectivity index (χ0) is 22.4. The molecule has 3 aromatic carbocycles. The second kappa shape index (κ2) is 7.83. The fraction of sp³-hybridized carbons (Fsp3) is 0.259. The first-order valence-corrected chi connectivity index (χ1v) is 11.0. The molecule has 0 bridgehead atoms. The van der Waals surface area contributed by atoms with Crippen LogP contribution >= 0.6 is 0 Å². The van der Waals surface area contributed by atoms with Crippen molar-refractivity contribution in [2.75, 3.05) is 5.32 Å². The minimum atomic E-state index is -0.961. The highest BCUT2D eigenvalue weighted by molar-refractivity contribution is 5.99. The highest BCUT2D eigenvalue weighted by Crippen LogP contribution is 2.36. The molecular weight excluding hydrogens is 400 g/mol. The molecule has 0 saturated heterocycles. The van der Waals surface area contributed by atoms with E-state index in [1.807, 2.05) is 30.9 Å². The summed E-state index contributed by atoms with van der Waals surface area (Å²) >= 11 is 0. The summed E-state index contributed by atoms with van der Waals surface area (Å²) in [5.41, 5.74) is 7.38. The van der Waals surface area contributed by atoms with Gasteiger partial charge in [0, 0.05) is 29.9 Å². The molecule has 5 heteroatoms. The fourth-order valence-electron chi connectivity index (χ4n) is 5.15. The van der Waals surface area contributed by atoms with Crippen LogP contribution in [0, 0.1) is 6.92 Å². The highest BCUT2D eigenvalue weighted by atomic mass is 16.4. The Kier molecular flexibility index (Phi) is 4.97. The Bertz CT molecular complexity index is 1210. The monoisotopic (exact) mass is 426 g/mol. The Morgan fingerprint density at radius 2 is 1.72 bits per heavy atom. The zero-order valence-electron chi connectivity index (χ0n) is 18.3. The number of carboxylic acid groups (broad SMARTS) is 1. The standard InChI is InChI=1S/C27H26N2O3/c1-16-11-22(17(2)28-25-10-6-5-9-21(25)27(31)32)24-15-29(26(30)23(24)12-16)20-13-18-7-3-4-8-19(18)14-20/h3-12,17,20,28H,13-15H2,1-2H3,(H,31,32). The summed E-state index contributed by atoms with van der Waals surface area (Å²) in [5.74, 6) is -0.863. The smallest absolute Gasteiger partial charge is 0.337 e. The molecule has 0 radical (unpaired) electrons. The molecule has 5 nitrogen and oxygen atoms in total. The van der Waals surface area contributed by atoms with Gasteiger partial charge in [-0.25, -0.2) is 4.79 Å². The molecule has 0 saturated carbocycles. The third-order valence-electron chi connectivity index (χ3n) is 6.71. The van der Waals surface area contributed by atoms with Crippen molar-refractivity contribution in [3.05, 3.63) is 99.6 Å². The Morgan fingerprint density at radius 1 is 1.06 bits per heavy atom. The van der Waals surface area contributed by atoms with E-state index in [1.54, 1.807) is 18.2 Å². The van der Waals surface area contributed by atoms with Gasteiger partial charge in [0.1, 0.15) is 0 Å². The fourth-order valence-corrected chi connectivity index (χ4v) is 5.15. The third kappa shape index (κ3) is 3.44. The number of carboxylic acids is 1. The quantitative estimate of drug-likeness (QED) is 0.603. The van der Waals surface area contributed by atoms with Crippen LogP contribution in [0.3, 0.4) is 0 Å². The number of amides is 1. The van der Waals surface area contributed by atoms with Crippen LogP contribution in [0.25, 0.3) is 0 Å². The van der Waals surface area contributed by atoms with Crippen molar-refractivity contribution in [2.45, 2.75) is 45.3 Å². The number of carbonyl (C=O) groups is 2. The summed E-state index contributed by atoms with van der Waals surface area (Å²) < 4.78 is 0. The van der Waals surface area contributed by atoms with E-state index in [1.165, 1.54) is 11.1 Å². The van der Waals surface area contributed by atoms with Gasteiger partial charge in [-0.3, -0.25) is 4.79 Å². The number of nitrogens with zero attached hydrogens (tertiary/aromatic N) is 1. The van der Waals surface area contributed by atoms with Crippen LogP contribution in [0.1, 0.15) is 61.5 Å². The number of carbonyl (C=O) groups excluding carboxylic acids is 1. The van der Waals surface area contributed by atoms with Crippen molar-refractivity contribution in [3.63, 3.8) is 0 Å². The van der Waals surface area contributed by atoms with Crippen LogP contribution < -0.4 is 5.32 Å². The van der Waals surface area contributed by atoms with Gasteiger partial charge in [-0.05, 0) is 72.7 Å². The molecule has 162 valence electrons. The molecule has 0 aromatic heterocycles. The molecule has 0 fully saturated rings. The summed E-state index contributed by atoms with van der Waals surface area (Å²) in [6.45, 7) is 4.62. The van der Waals surface area contributed by atoms with Gasteiger partial charge in [0.15, 0.2) is 0 Å². The Balaban J connectivity index is 1.44. The molecule has 1 amide bonds. The average molecular weight is 427 g/mol. The number of hydrogen-bond acceptors (Lipinski definition) is 3. The summed E-state index contributed by atoms with van der Waals surface area (Å²) in [4.78, 5) is 27.0. The van der Waals surface area contributed by atoms with Crippen LogP contribution in [0.5, 0.6) is 0 Å². The first-order valence-electron chi connectivity index (χ1n) is 11.0. The van der Waals surface area contributed by atoms with Crippen molar-refractivity contribution < 1.29 is 14.7 Å². The second-order valence-electron chi connectivity index (χ2n) is 8.86. The summed E-state index contributed by atoms with van der Waals surface area (Å²) in [6.07, 6.45) is 1.79. The average Bonchev–Trinajstić information content (AvgIpc) is 3.34. The van der Waals surface area contributed by atoms with Crippen molar-refractivity contribution in [2.24, 2.45) is 0 Å². The number of fused-ring (bicyclic) bond motifs is 2. The molecule has 1 unspecified atom stereocenters. The van der Waals surface area contributed by atoms with Crippen molar-refractivity contribution in [3.8, 4) is 0 Å². The van der Waals surface area contributed by atoms with Crippen LogP contribution in [-0.2, 0) is 19.4 Å². The molecule has 2 N–H and O–H groups in total. The summed E-state index contributed by atoms with van der Waals surface area (Å²) in [7, 11) is 0. The van der Waals surface area contributed by atoms with Crippen LogP contribution in [0.15, 0.2) is 60.7 Å². The van der Waals surface area contributed by atoms with Gasteiger partial charge in [-0.2, -0.15) is 0 Å². The normalized spacial score (nSPS) is 16.1. The van der Waals surface area contributed by atoms with E-state index >= 15 is 0 Å². The molecule has 5 rings (SSSR count). The summed E-state index contributed by atoms with van der Waals surface area (Å²) in [6, 6.07) is 19.5. The second-order valence-corrected chi connectivity index (χ2v) is 8.86. The molecular formula is C27H26N2O3. The third-order valence-corrected chi connectivity index (χ3v) is 6.71. The van der Waals surface area contributed by atoms with Gasteiger partial charge in [-0.15, -0.1) is 0 Å². The molecule has 1 heterocycles. The lowest BCUT2D eigenvalue weighted by molar-refractivity contribution is 0.0692. The molecule has 1 aliphatic heterocycles. The SMILES string of the molecule is Cc1cc2c(c(C(C)Nc3ccccc3C(=O)O)c1)CN(C1Cc3ccccc3C1)C2=O. The van der Waals surface area contributed by atoms with Gasteiger partial charge in [0.25, 0.3) is 5.91 Å². The maximum Gasteiger partial charge on any atom is 0.337 e. The van der Waals surface area contributed by atoms with E-state index in [4.69, 9.17) is 0 Å². The van der Waals surface area contributed by atoms with Crippen molar-refractivity contribution in [1.82, 2.24) is 4.90 Å². The molecule has 1 atom stereocenters. The molecule has 32 heavy (non-hydrogen) atoms. The predicted octanol–water partition coefficient (Wildman–Crippen LogP) is 4.99. The minimum absolute atomic E-state index is 0.0980. The zero-order valence-corrected chi connectivity index (χ0v) is 18.3. The van der Waals surface area contributed by atoms with E-state index in [-0.39, 0.29) is 23.6 Å². The van der Waals surface area contributed by atoms with Crippen LogP contribution in [-0.4, -0.2) is 27.9 Å². The largest absolute Gasteiger partial charge is 0.478 e. The van der Waals surface area contributed by atoms with Gasteiger partial charge in [-0.1, -0.05) is 42.5 Å². The Labute approximate surface area is 187 Å². The van der Waals surface area contributed by atoms with Crippen molar-refractivity contribution in [1.29, 1.82) is 0 Å². The number of benzene rings is 3. The number of anilines is 1. The van der Waals surface area contributed by atoms with Gasteiger partial charge < -0.3 is 15.3 Å². The Morgan fingerprint density at radius 3 is 2.41 bits per heavy atom. The van der Waals surface area contributed by atoms with Crippen LogP contribution in [0.4, 0.5) is 5.69 Å². The van der Waals surface area contributed by atoms with Crippen molar-refractivity contribution >= 4 is 17.6 Å². The molecule has 3 aromatic rings. The van der Waals surface area contributed by atoms with E-state index in [9.17, 15) is 14.7 Å². The van der Waals surface area contributed by atoms with Gasteiger partial charge in [0.05, 0.1) is 5.56 Å². The van der Waals surface area contributed by atoms with E-state index in [0.717, 1.165) is 35.1 Å². The molecule has 0 spiro atoms. The molecule has 2 aliphatic rings. The predicted molar refractivity (Wildman–Crippen MR) is 124 cm³/mol. The topological polar surface area (TPSA) is 69.6 Å². The maximum absolute atomic E-state index is 13.4. The van der Waals surface area contributed by atoms with E-state index in [2.05, 4.69) is 35.6 Å². The first kappa shape index (κ1) is 20.3. The number of hydrogen-bond donors (Lipinski definition) is 2. The lowest BCUT2D eigenvalue weighted by Gasteiger charge is -2.24. The summed E-state index contributed by atoms with van der Waals surface area (Å²) in [5, 5.41) is 12.9. The van der Waals surface area contributed by atoms with E-state index in [0.29, 0.717) is 12.2 Å². The van der Waals surface area contributed by atoms with Gasteiger partial charge in [0.2, 0.25) is 0 Å². The first-order chi connectivity index (χ1) is 15.4. The Hall–Kier alpha value is -3.60. The number of nitrogens with one attached hydrogen (secondary N) is 1. The maximum atomic E-state index is 13.4. The molecule has 1 aliphatic carbocycles. The lowest BCUT2D eigenvalue weighted by Crippen LogP contribution is -2.36. The van der Waals surface area contributed by atoms with Crippen LogP contribution in [0.2, 0.25) is 0 Å². The van der Waals surface area contributed by atoms with Gasteiger partial charge >= 0.3 is 5.97 Å². The number of para-hydroxylation sites is 1.